The Morgan fingerprint density at radius 2 is 1.96 bits per heavy atom. The number of hydrogen-bond donors (Lipinski definition) is 1. The van der Waals surface area contributed by atoms with Crippen LogP contribution in [0.1, 0.15) is 16.2 Å². The Balaban J connectivity index is 1.50. The molecule has 27 heavy (non-hydrogen) atoms. The molecule has 1 fully saturated rings. The van der Waals surface area contributed by atoms with Gasteiger partial charge in [-0.1, -0.05) is 30.3 Å². The maximum Gasteiger partial charge on any atom is 0.272 e. The minimum atomic E-state index is -0.572. The Hall–Kier alpha value is -3.06. The Labute approximate surface area is 157 Å². The molecule has 0 aliphatic carbocycles. The third-order valence-electron chi connectivity index (χ3n) is 5.02. The highest BCUT2D eigenvalue weighted by atomic mass is 16.3. The first-order valence-electron chi connectivity index (χ1n) is 8.93. The van der Waals surface area contributed by atoms with Gasteiger partial charge >= 0.3 is 0 Å². The summed E-state index contributed by atoms with van der Waals surface area (Å²) in [7, 11) is 1.84. The molecule has 7 nitrogen and oxygen atoms in total. The normalized spacial score (nSPS) is 19.4. The number of aromatic nitrogens is 4. The summed E-state index contributed by atoms with van der Waals surface area (Å²) in [6.07, 6.45) is 6.59. The Morgan fingerprint density at radius 3 is 2.70 bits per heavy atom. The molecule has 2 atom stereocenters. The number of aliphatic hydroxyl groups excluding tert-OH is 1. The number of carbonyl (C=O) groups excluding carboxylic acids is 1. The van der Waals surface area contributed by atoms with Crippen LogP contribution in [0.3, 0.4) is 0 Å². The third kappa shape index (κ3) is 3.46. The van der Waals surface area contributed by atoms with Crippen molar-refractivity contribution in [3.63, 3.8) is 0 Å². The number of aliphatic hydroxyl groups is 1. The zero-order chi connectivity index (χ0) is 18.8. The number of β-amino-alcohol motifs (C(OH)–C–C–N with tert-alkyl or cyclic N) is 1. The van der Waals surface area contributed by atoms with Gasteiger partial charge in [0, 0.05) is 50.2 Å². The van der Waals surface area contributed by atoms with Crippen molar-refractivity contribution in [2.24, 2.45) is 13.0 Å². The van der Waals surface area contributed by atoms with Crippen molar-refractivity contribution in [2.75, 3.05) is 13.1 Å². The number of nitrogens with zero attached hydrogens (tertiary/aromatic N) is 5. The summed E-state index contributed by atoms with van der Waals surface area (Å²) < 4.78 is 1.81. The highest BCUT2D eigenvalue weighted by Crippen LogP contribution is 2.24. The lowest BCUT2D eigenvalue weighted by Crippen LogP contribution is -2.31. The molecule has 1 saturated heterocycles. The van der Waals surface area contributed by atoms with Crippen LogP contribution in [0, 0.1) is 5.92 Å². The highest BCUT2D eigenvalue weighted by molar-refractivity contribution is 5.93. The number of benzene rings is 1. The van der Waals surface area contributed by atoms with Crippen LogP contribution in [0.15, 0.2) is 55.1 Å². The van der Waals surface area contributed by atoms with Crippen LogP contribution in [0.2, 0.25) is 0 Å². The van der Waals surface area contributed by atoms with Gasteiger partial charge in [0.25, 0.3) is 5.91 Å². The smallest absolute Gasteiger partial charge is 0.272 e. The third-order valence-corrected chi connectivity index (χ3v) is 5.02. The lowest BCUT2D eigenvalue weighted by Gasteiger charge is -2.16. The summed E-state index contributed by atoms with van der Waals surface area (Å²) in [4.78, 5) is 27.4. The Kier molecular flexibility index (Phi) is 4.68. The van der Waals surface area contributed by atoms with Gasteiger partial charge in [-0.05, 0) is 6.42 Å². The van der Waals surface area contributed by atoms with E-state index < -0.39 is 6.10 Å². The molecule has 0 radical (unpaired) electrons. The molecule has 4 rings (SSSR count). The minimum Gasteiger partial charge on any atom is -0.391 e. The molecule has 1 aromatic carbocycles. The predicted molar refractivity (Wildman–Crippen MR) is 99.8 cm³/mol. The van der Waals surface area contributed by atoms with Crippen LogP contribution in [-0.2, 0) is 13.5 Å². The molecule has 0 saturated carbocycles. The molecule has 0 bridgehead atoms. The first-order chi connectivity index (χ1) is 13.1. The molecule has 2 aromatic heterocycles. The molecule has 3 heterocycles. The summed E-state index contributed by atoms with van der Waals surface area (Å²) in [5.41, 5.74) is 2.30. The molecule has 0 spiro atoms. The van der Waals surface area contributed by atoms with Crippen molar-refractivity contribution in [1.82, 2.24) is 24.4 Å². The van der Waals surface area contributed by atoms with Gasteiger partial charge in [0.05, 0.1) is 18.0 Å². The second kappa shape index (κ2) is 7.28. The van der Waals surface area contributed by atoms with E-state index in [-0.39, 0.29) is 11.8 Å². The van der Waals surface area contributed by atoms with E-state index in [1.807, 2.05) is 37.4 Å². The standard InChI is InChI=1S/C20H21N5O2/c1-24-17(11-23-19(24)14-5-3-2-4-6-14)20(27)25-12-15(18(26)13-25)9-16-10-21-7-8-22-16/h2-8,10-11,15,18,26H,9,12-13H2,1H3/t15-,18-/m1/s1. The van der Waals surface area contributed by atoms with Crippen molar-refractivity contribution < 1.29 is 9.90 Å². The number of imidazole rings is 1. The van der Waals surface area contributed by atoms with E-state index in [0.29, 0.717) is 25.2 Å². The zero-order valence-corrected chi connectivity index (χ0v) is 15.1. The van der Waals surface area contributed by atoms with E-state index in [9.17, 15) is 9.90 Å². The molecule has 1 N–H and O–H groups in total. The summed E-state index contributed by atoms with van der Waals surface area (Å²) in [5, 5.41) is 10.4. The van der Waals surface area contributed by atoms with Gasteiger partial charge in [0.1, 0.15) is 11.5 Å². The summed E-state index contributed by atoms with van der Waals surface area (Å²) >= 11 is 0. The van der Waals surface area contributed by atoms with E-state index in [0.717, 1.165) is 17.1 Å². The summed E-state index contributed by atoms with van der Waals surface area (Å²) in [6, 6.07) is 9.76. The predicted octanol–water partition coefficient (Wildman–Crippen LogP) is 1.55. The zero-order valence-electron chi connectivity index (χ0n) is 15.1. The second-order valence-electron chi connectivity index (χ2n) is 6.83. The fourth-order valence-corrected chi connectivity index (χ4v) is 3.55. The fourth-order valence-electron chi connectivity index (χ4n) is 3.55. The molecule has 138 valence electrons. The minimum absolute atomic E-state index is 0.0486. The van der Waals surface area contributed by atoms with Crippen LogP contribution < -0.4 is 0 Å². The Bertz CT molecular complexity index is 926. The molecule has 0 unspecified atom stereocenters. The largest absolute Gasteiger partial charge is 0.391 e. The van der Waals surface area contributed by atoms with Crippen LogP contribution >= 0.6 is 0 Å². The van der Waals surface area contributed by atoms with Crippen molar-refractivity contribution >= 4 is 5.91 Å². The van der Waals surface area contributed by atoms with E-state index >= 15 is 0 Å². The lowest BCUT2D eigenvalue weighted by atomic mass is 10.0. The molecule has 3 aromatic rings. The molecular weight excluding hydrogens is 342 g/mol. The van der Waals surface area contributed by atoms with E-state index in [1.165, 1.54) is 0 Å². The number of hydrogen-bond acceptors (Lipinski definition) is 5. The van der Waals surface area contributed by atoms with Crippen LogP contribution in [0.4, 0.5) is 0 Å². The van der Waals surface area contributed by atoms with Crippen LogP contribution in [0.5, 0.6) is 0 Å². The van der Waals surface area contributed by atoms with E-state index in [4.69, 9.17) is 0 Å². The van der Waals surface area contributed by atoms with Gasteiger partial charge < -0.3 is 14.6 Å². The monoisotopic (exact) mass is 363 g/mol. The average molecular weight is 363 g/mol. The summed E-state index contributed by atoms with van der Waals surface area (Å²) in [5.74, 6) is 0.579. The molecule has 1 amide bonds. The Morgan fingerprint density at radius 1 is 1.15 bits per heavy atom. The van der Waals surface area contributed by atoms with Crippen molar-refractivity contribution in [1.29, 1.82) is 0 Å². The maximum absolute atomic E-state index is 13.0. The van der Waals surface area contributed by atoms with Gasteiger partial charge in [-0.25, -0.2) is 4.98 Å². The number of carbonyl (C=O) groups is 1. The SMILES string of the molecule is Cn1c(C(=O)N2C[C@@H](Cc3cnccn3)[C@H](O)C2)cnc1-c1ccccc1. The molecular formula is C20H21N5O2. The molecule has 1 aliphatic rings. The topological polar surface area (TPSA) is 84.1 Å². The van der Waals surface area contributed by atoms with E-state index in [2.05, 4.69) is 15.0 Å². The first-order valence-corrected chi connectivity index (χ1v) is 8.93. The fraction of sp³-hybridized carbons (Fsp3) is 0.300. The number of rotatable bonds is 4. The number of amides is 1. The molecule has 1 aliphatic heterocycles. The first kappa shape index (κ1) is 17.4. The highest BCUT2D eigenvalue weighted by Gasteiger charge is 2.35. The van der Waals surface area contributed by atoms with Crippen LogP contribution in [0.25, 0.3) is 11.4 Å². The van der Waals surface area contributed by atoms with Gasteiger partial charge in [-0.15, -0.1) is 0 Å². The average Bonchev–Trinajstić information content (AvgIpc) is 3.26. The van der Waals surface area contributed by atoms with Crippen molar-refractivity contribution in [3.05, 3.63) is 66.5 Å². The van der Waals surface area contributed by atoms with E-state index in [1.54, 1.807) is 34.3 Å². The number of likely N-dealkylation sites (tertiary alicyclic amines) is 1. The summed E-state index contributed by atoms with van der Waals surface area (Å²) in [6.45, 7) is 0.804. The van der Waals surface area contributed by atoms with Crippen molar-refractivity contribution in [2.45, 2.75) is 12.5 Å². The van der Waals surface area contributed by atoms with Crippen LogP contribution in [-0.4, -0.2) is 54.6 Å². The quantitative estimate of drug-likeness (QED) is 0.760. The van der Waals surface area contributed by atoms with Gasteiger partial charge in [-0.3, -0.25) is 14.8 Å². The second-order valence-corrected chi connectivity index (χ2v) is 6.83. The molecule has 7 heteroatoms. The van der Waals surface area contributed by atoms with Crippen molar-refractivity contribution in [3.8, 4) is 11.4 Å². The van der Waals surface area contributed by atoms with Gasteiger partial charge in [0.15, 0.2) is 0 Å². The van der Waals surface area contributed by atoms with Gasteiger partial charge in [-0.2, -0.15) is 0 Å². The van der Waals surface area contributed by atoms with Gasteiger partial charge in [0.2, 0.25) is 0 Å². The maximum atomic E-state index is 13.0. The lowest BCUT2D eigenvalue weighted by molar-refractivity contribution is 0.0755.